The fraction of sp³-hybridized carbons (Fsp3) is 0.762. The van der Waals surface area contributed by atoms with Crippen molar-refractivity contribution in [1.29, 1.82) is 0 Å². The molecule has 7 nitrogen and oxygen atoms in total. The van der Waals surface area contributed by atoms with E-state index in [1.807, 2.05) is 26.8 Å². The number of aromatic nitrogens is 2. The Labute approximate surface area is 167 Å². The largest absolute Gasteiger partial charge is 0.369 e. The number of carbonyl (C=O) groups is 1. The molecule has 3 aliphatic heterocycles. The average Bonchev–Trinajstić information content (AvgIpc) is 3.26. The first-order valence-corrected chi connectivity index (χ1v) is 10.5. The number of carbonyl (C=O) groups excluding carboxylic acids is 1. The normalized spacial score (nSPS) is 31.4. The van der Waals surface area contributed by atoms with E-state index >= 15 is 0 Å². The van der Waals surface area contributed by atoms with E-state index in [4.69, 9.17) is 4.74 Å². The highest BCUT2D eigenvalue weighted by Gasteiger charge is 2.63. The summed E-state index contributed by atoms with van der Waals surface area (Å²) in [5.41, 5.74) is -0.447. The number of nitrogens with one attached hydrogen (secondary N) is 2. The van der Waals surface area contributed by atoms with E-state index in [0.717, 1.165) is 37.6 Å². The Hall–Kier alpha value is -1.89. The molecule has 1 aromatic heterocycles. The Morgan fingerprint density at radius 3 is 2.89 bits per heavy atom. The minimum atomic E-state index is -0.362. The van der Waals surface area contributed by atoms with Crippen LogP contribution in [0.3, 0.4) is 0 Å². The molecular weight excluding hydrogens is 354 g/mol. The first kappa shape index (κ1) is 19.4. The Morgan fingerprint density at radius 1 is 1.39 bits per heavy atom. The molecule has 0 saturated carbocycles. The molecular formula is C21H33N5O2. The van der Waals surface area contributed by atoms with Gasteiger partial charge in [0.2, 0.25) is 5.91 Å². The molecule has 3 fully saturated rings. The van der Waals surface area contributed by atoms with Crippen LogP contribution in [0.2, 0.25) is 0 Å². The molecule has 2 bridgehead atoms. The predicted octanol–water partition coefficient (Wildman–Crippen LogP) is 2.44. The van der Waals surface area contributed by atoms with Gasteiger partial charge in [-0.3, -0.25) is 4.79 Å². The molecule has 3 aliphatic rings. The number of rotatable bonds is 5. The summed E-state index contributed by atoms with van der Waals surface area (Å²) in [6.45, 7) is 12.6. The summed E-state index contributed by atoms with van der Waals surface area (Å²) in [7, 11) is 0. The first-order chi connectivity index (χ1) is 13.2. The lowest BCUT2D eigenvalue weighted by Crippen LogP contribution is -2.44. The third kappa shape index (κ3) is 3.45. The van der Waals surface area contributed by atoms with Gasteiger partial charge in [-0.15, -0.1) is 0 Å². The van der Waals surface area contributed by atoms with Crippen LogP contribution < -0.4 is 15.5 Å². The molecule has 2 N–H and O–H groups in total. The van der Waals surface area contributed by atoms with Gasteiger partial charge in [-0.2, -0.15) is 0 Å². The predicted molar refractivity (Wildman–Crippen MR) is 109 cm³/mol. The molecule has 4 rings (SSSR count). The summed E-state index contributed by atoms with van der Waals surface area (Å²) in [6.07, 6.45) is 4.09. The molecule has 0 aromatic carbocycles. The second-order valence-corrected chi connectivity index (χ2v) is 9.93. The van der Waals surface area contributed by atoms with Crippen molar-refractivity contribution in [3.05, 3.63) is 12.4 Å². The monoisotopic (exact) mass is 387 g/mol. The van der Waals surface area contributed by atoms with Gasteiger partial charge in [-0.1, -0.05) is 20.8 Å². The lowest BCUT2D eigenvalue weighted by Gasteiger charge is -2.30. The first-order valence-electron chi connectivity index (χ1n) is 10.5. The molecule has 3 saturated heterocycles. The Balaban J connectivity index is 1.47. The van der Waals surface area contributed by atoms with Gasteiger partial charge < -0.3 is 20.3 Å². The Bertz CT molecular complexity index is 747. The van der Waals surface area contributed by atoms with Gasteiger partial charge in [0, 0.05) is 49.0 Å². The van der Waals surface area contributed by atoms with Gasteiger partial charge in [0.25, 0.3) is 0 Å². The zero-order valence-corrected chi connectivity index (χ0v) is 17.7. The van der Waals surface area contributed by atoms with Gasteiger partial charge in [-0.05, 0) is 26.7 Å². The number of hydrogen-bond acceptors (Lipinski definition) is 6. The quantitative estimate of drug-likeness (QED) is 0.808. The van der Waals surface area contributed by atoms with Crippen molar-refractivity contribution in [2.75, 3.05) is 29.9 Å². The van der Waals surface area contributed by atoms with Gasteiger partial charge in [0.1, 0.15) is 18.0 Å². The fourth-order valence-electron chi connectivity index (χ4n) is 5.01. The number of nitrogens with zero attached hydrogens (tertiary/aromatic N) is 3. The van der Waals surface area contributed by atoms with Gasteiger partial charge in [-0.25, -0.2) is 9.97 Å². The molecule has 0 radical (unpaired) electrons. The number of ether oxygens (including phenoxy) is 1. The highest BCUT2D eigenvalue weighted by molar-refractivity contribution is 5.81. The topological polar surface area (TPSA) is 79.4 Å². The van der Waals surface area contributed by atoms with Crippen LogP contribution in [-0.4, -0.2) is 53.3 Å². The second-order valence-electron chi connectivity index (χ2n) is 9.93. The number of fused-ring (bicyclic) bond motifs is 1. The maximum absolute atomic E-state index is 12.3. The van der Waals surface area contributed by atoms with Crippen LogP contribution in [0.1, 0.15) is 47.5 Å². The van der Waals surface area contributed by atoms with Crippen molar-refractivity contribution in [3.63, 3.8) is 0 Å². The zero-order valence-electron chi connectivity index (χ0n) is 17.7. The summed E-state index contributed by atoms with van der Waals surface area (Å²) in [5, 5.41) is 6.52. The van der Waals surface area contributed by atoms with Gasteiger partial charge in [0.05, 0.1) is 11.7 Å². The molecule has 1 aromatic rings. The van der Waals surface area contributed by atoms with Crippen molar-refractivity contribution in [3.8, 4) is 0 Å². The lowest BCUT2D eigenvalue weighted by atomic mass is 9.73. The van der Waals surface area contributed by atoms with Crippen molar-refractivity contribution in [1.82, 2.24) is 15.3 Å². The van der Waals surface area contributed by atoms with Crippen molar-refractivity contribution in [2.45, 2.75) is 65.2 Å². The minimum Gasteiger partial charge on any atom is -0.369 e. The van der Waals surface area contributed by atoms with E-state index in [0.29, 0.717) is 24.4 Å². The van der Waals surface area contributed by atoms with Crippen LogP contribution in [0.4, 0.5) is 11.6 Å². The molecule has 4 heterocycles. The van der Waals surface area contributed by atoms with E-state index in [-0.39, 0.29) is 23.0 Å². The molecule has 1 amide bonds. The van der Waals surface area contributed by atoms with Gasteiger partial charge >= 0.3 is 0 Å². The van der Waals surface area contributed by atoms with Crippen LogP contribution in [0, 0.1) is 17.3 Å². The maximum atomic E-state index is 12.3. The van der Waals surface area contributed by atoms with E-state index in [9.17, 15) is 4.79 Å². The summed E-state index contributed by atoms with van der Waals surface area (Å²) in [5.74, 6) is 2.72. The van der Waals surface area contributed by atoms with Gasteiger partial charge in [0.15, 0.2) is 0 Å². The third-order valence-electron chi connectivity index (χ3n) is 6.38. The Kier molecular flexibility index (Phi) is 4.76. The van der Waals surface area contributed by atoms with Crippen LogP contribution >= 0.6 is 0 Å². The number of hydrogen-bond donors (Lipinski definition) is 2. The fourth-order valence-corrected chi connectivity index (χ4v) is 5.01. The minimum absolute atomic E-state index is 0.0849. The van der Waals surface area contributed by atoms with E-state index in [2.05, 4.69) is 39.3 Å². The van der Waals surface area contributed by atoms with E-state index in [1.54, 1.807) is 6.33 Å². The standard InChI is InChI=1S/C21H33N5O2/c1-13(2)25-17-8-18(24-12-23-17)26-10-15-14(9-22-19(27)20(3,4)5)16-6-7-21(15,11-26)28-16/h8,12-16H,6-7,9-11H2,1-5H3,(H,22,27)(H,23,24,25)/t14-,15+,16+,21+/m0/s1. The molecule has 1 spiro atoms. The number of amides is 1. The third-order valence-corrected chi connectivity index (χ3v) is 6.38. The van der Waals surface area contributed by atoms with Crippen LogP contribution in [0.5, 0.6) is 0 Å². The van der Waals surface area contributed by atoms with Crippen LogP contribution in [-0.2, 0) is 9.53 Å². The SMILES string of the molecule is CC(C)Nc1cc(N2C[C@@H]3[C@H](CNC(=O)C(C)(C)C)[C@H]4CC[C@]3(C2)O4)ncn1. The van der Waals surface area contributed by atoms with E-state index < -0.39 is 0 Å². The van der Waals surface area contributed by atoms with E-state index in [1.165, 1.54) is 0 Å². The lowest BCUT2D eigenvalue weighted by molar-refractivity contribution is -0.128. The van der Waals surface area contributed by atoms with Crippen LogP contribution in [0.15, 0.2) is 12.4 Å². The van der Waals surface area contributed by atoms with Crippen molar-refractivity contribution in [2.24, 2.45) is 17.3 Å². The smallest absolute Gasteiger partial charge is 0.225 e. The summed E-state index contributed by atoms with van der Waals surface area (Å²) >= 11 is 0. The summed E-state index contributed by atoms with van der Waals surface area (Å²) < 4.78 is 6.51. The molecule has 154 valence electrons. The highest BCUT2D eigenvalue weighted by atomic mass is 16.5. The van der Waals surface area contributed by atoms with Crippen molar-refractivity contribution < 1.29 is 9.53 Å². The van der Waals surface area contributed by atoms with Crippen LogP contribution in [0.25, 0.3) is 0 Å². The highest BCUT2D eigenvalue weighted by Crippen LogP contribution is 2.55. The summed E-state index contributed by atoms with van der Waals surface area (Å²) in [4.78, 5) is 23.5. The van der Waals surface area contributed by atoms with Crippen molar-refractivity contribution >= 4 is 17.5 Å². The molecule has 7 heteroatoms. The summed E-state index contributed by atoms with van der Waals surface area (Å²) in [6, 6.07) is 2.36. The number of anilines is 2. The molecule has 0 unspecified atom stereocenters. The zero-order chi connectivity index (χ0) is 20.1. The molecule has 28 heavy (non-hydrogen) atoms. The molecule has 0 aliphatic carbocycles. The Morgan fingerprint density at radius 2 is 2.18 bits per heavy atom. The average molecular weight is 388 g/mol. The maximum Gasteiger partial charge on any atom is 0.225 e. The second kappa shape index (κ2) is 6.87. The molecule has 4 atom stereocenters.